The maximum Gasteiger partial charge on any atom is 0.271 e. The Morgan fingerprint density at radius 2 is 1.74 bits per heavy atom. The number of hydrazone groups is 1. The van der Waals surface area contributed by atoms with Gasteiger partial charge < -0.3 is 9.64 Å². The van der Waals surface area contributed by atoms with Crippen molar-refractivity contribution < 1.29 is 9.53 Å². The van der Waals surface area contributed by atoms with Crippen LogP contribution in [-0.2, 0) is 10.5 Å². The third kappa shape index (κ3) is 5.90. The van der Waals surface area contributed by atoms with Crippen molar-refractivity contribution in [2.75, 3.05) is 31.2 Å². The van der Waals surface area contributed by atoms with Gasteiger partial charge in [-0.15, -0.1) is 11.3 Å². The summed E-state index contributed by atoms with van der Waals surface area (Å²) in [5, 5.41) is 4.30. The summed E-state index contributed by atoms with van der Waals surface area (Å²) in [7, 11) is 0. The Kier molecular flexibility index (Phi) is 7.42. The third-order valence-electron chi connectivity index (χ3n) is 5.84. The molecular formula is C27H26N4O2S2. The predicted molar refractivity (Wildman–Crippen MR) is 145 cm³/mol. The van der Waals surface area contributed by atoms with E-state index in [0.717, 1.165) is 58.8 Å². The predicted octanol–water partition coefficient (Wildman–Crippen LogP) is 5.58. The van der Waals surface area contributed by atoms with E-state index in [2.05, 4.69) is 38.6 Å². The number of aromatic nitrogens is 1. The van der Waals surface area contributed by atoms with Crippen LogP contribution in [0.25, 0.3) is 10.2 Å². The number of thiazole rings is 1. The molecule has 2 heterocycles. The molecule has 3 aromatic carbocycles. The maximum absolute atomic E-state index is 12.6. The lowest BCUT2D eigenvalue weighted by molar-refractivity contribution is 0.0955. The average Bonchev–Trinajstić information content (AvgIpc) is 3.34. The van der Waals surface area contributed by atoms with Crippen molar-refractivity contribution in [1.29, 1.82) is 0 Å². The number of benzene rings is 3. The van der Waals surface area contributed by atoms with Gasteiger partial charge in [-0.2, -0.15) is 5.10 Å². The molecule has 35 heavy (non-hydrogen) atoms. The molecule has 0 unspecified atom stereocenters. The number of hydrogen-bond acceptors (Lipinski definition) is 7. The first-order valence-electron chi connectivity index (χ1n) is 11.5. The molecular weight excluding hydrogens is 476 g/mol. The van der Waals surface area contributed by atoms with Crippen LogP contribution in [0.3, 0.4) is 0 Å². The second kappa shape index (κ2) is 11.0. The van der Waals surface area contributed by atoms with Gasteiger partial charge in [0.15, 0.2) is 4.34 Å². The highest BCUT2D eigenvalue weighted by Crippen LogP contribution is 2.31. The molecule has 0 aliphatic carbocycles. The summed E-state index contributed by atoms with van der Waals surface area (Å²) >= 11 is 3.42. The first-order chi connectivity index (χ1) is 17.2. The summed E-state index contributed by atoms with van der Waals surface area (Å²) in [6.45, 7) is 5.23. The smallest absolute Gasteiger partial charge is 0.271 e. The van der Waals surface area contributed by atoms with Crippen LogP contribution in [0.2, 0.25) is 0 Å². The Morgan fingerprint density at radius 3 is 2.49 bits per heavy atom. The molecule has 0 spiro atoms. The van der Waals surface area contributed by atoms with E-state index in [0.29, 0.717) is 5.56 Å². The Hall–Kier alpha value is -3.20. The zero-order valence-electron chi connectivity index (χ0n) is 19.4. The van der Waals surface area contributed by atoms with E-state index in [1.165, 1.54) is 10.4 Å². The van der Waals surface area contributed by atoms with Gasteiger partial charge in [-0.05, 0) is 54.4 Å². The molecule has 6 nitrogen and oxygen atoms in total. The Morgan fingerprint density at radius 1 is 1.03 bits per heavy atom. The van der Waals surface area contributed by atoms with Gasteiger partial charge >= 0.3 is 0 Å². The fourth-order valence-electron chi connectivity index (χ4n) is 3.81. The highest BCUT2D eigenvalue weighted by Gasteiger charge is 2.11. The van der Waals surface area contributed by atoms with E-state index < -0.39 is 0 Å². The Bertz CT molecular complexity index is 1290. The fourth-order valence-corrected chi connectivity index (χ4v) is 5.83. The molecule has 0 atom stereocenters. The second-order valence-electron chi connectivity index (χ2n) is 8.22. The maximum atomic E-state index is 12.6. The van der Waals surface area contributed by atoms with E-state index in [1.807, 2.05) is 61.5 Å². The fraction of sp³-hybridized carbons (Fsp3) is 0.222. The zero-order chi connectivity index (χ0) is 24.0. The van der Waals surface area contributed by atoms with Crippen LogP contribution in [0.15, 0.2) is 82.2 Å². The number of amides is 1. The van der Waals surface area contributed by atoms with E-state index in [9.17, 15) is 4.79 Å². The number of rotatable bonds is 7. The second-order valence-corrected chi connectivity index (χ2v) is 10.5. The van der Waals surface area contributed by atoms with Gasteiger partial charge in [0.05, 0.1) is 29.1 Å². The zero-order valence-corrected chi connectivity index (χ0v) is 21.1. The number of morpholine rings is 1. The number of thioether (sulfide) groups is 1. The van der Waals surface area contributed by atoms with Crippen molar-refractivity contribution in [3.63, 3.8) is 0 Å². The van der Waals surface area contributed by atoms with E-state index >= 15 is 0 Å². The van der Waals surface area contributed by atoms with Crippen LogP contribution in [0, 0.1) is 0 Å². The molecule has 178 valence electrons. The minimum absolute atomic E-state index is 0.223. The molecule has 1 N–H and O–H groups in total. The lowest BCUT2D eigenvalue weighted by atomic mass is 10.1. The monoisotopic (exact) mass is 502 g/mol. The molecule has 8 heteroatoms. The Labute approximate surface area is 213 Å². The molecule has 0 saturated carbocycles. The number of carbonyl (C=O) groups excluding carboxylic acids is 1. The molecule has 1 amide bonds. The van der Waals surface area contributed by atoms with Crippen LogP contribution >= 0.6 is 23.1 Å². The van der Waals surface area contributed by atoms with Crippen LogP contribution in [0.5, 0.6) is 0 Å². The quantitative estimate of drug-likeness (QED) is 0.203. The van der Waals surface area contributed by atoms with Gasteiger partial charge in [-0.25, -0.2) is 10.4 Å². The number of nitrogens with one attached hydrogen (secondary N) is 1. The molecule has 1 saturated heterocycles. The van der Waals surface area contributed by atoms with Crippen molar-refractivity contribution in [2.45, 2.75) is 17.0 Å². The third-order valence-corrected chi connectivity index (χ3v) is 8.09. The van der Waals surface area contributed by atoms with Crippen LogP contribution in [0.1, 0.15) is 28.4 Å². The minimum atomic E-state index is -0.223. The first-order valence-corrected chi connectivity index (χ1v) is 13.3. The van der Waals surface area contributed by atoms with E-state index in [1.54, 1.807) is 23.1 Å². The van der Waals surface area contributed by atoms with Gasteiger partial charge in [-0.1, -0.05) is 48.2 Å². The summed E-state index contributed by atoms with van der Waals surface area (Å²) in [6, 6.07) is 24.1. The molecule has 1 fully saturated rings. The highest BCUT2D eigenvalue weighted by molar-refractivity contribution is 8.00. The van der Waals surface area contributed by atoms with Crippen LogP contribution in [0.4, 0.5) is 5.69 Å². The number of para-hydroxylation sites is 1. The average molecular weight is 503 g/mol. The minimum Gasteiger partial charge on any atom is -0.378 e. The molecule has 1 aliphatic heterocycles. The van der Waals surface area contributed by atoms with Gasteiger partial charge in [0, 0.05) is 30.1 Å². The van der Waals surface area contributed by atoms with Crippen molar-refractivity contribution >= 4 is 50.6 Å². The molecule has 1 aromatic heterocycles. The standard InChI is InChI=1S/C27H26N4O2S2/c1-19(21-10-12-23(13-11-21)31-14-16-33-17-15-31)29-30-26(32)22-8-6-20(7-9-22)18-34-27-28-24-4-2-3-5-25(24)35-27/h2-13H,14-18H2,1H3,(H,30,32)/b29-19-. The molecule has 5 rings (SSSR count). The highest BCUT2D eigenvalue weighted by atomic mass is 32.2. The van der Waals surface area contributed by atoms with E-state index in [4.69, 9.17) is 4.74 Å². The lowest BCUT2D eigenvalue weighted by Gasteiger charge is -2.28. The number of carbonyl (C=O) groups is 1. The summed E-state index contributed by atoms with van der Waals surface area (Å²) < 4.78 is 7.67. The summed E-state index contributed by atoms with van der Waals surface area (Å²) in [6.07, 6.45) is 0. The molecule has 0 bridgehead atoms. The number of hydrogen-bond donors (Lipinski definition) is 1. The lowest BCUT2D eigenvalue weighted by Crippen LogP contribution is -2.36. The van der Waals surface area contributed by atoms with E-state index in [-0.39, 0.29) is 5.91 Å². The van der Waals surface area contributed by atoms with Gasteiger partial charge in [0.2, 0.25) is 0 Å². The van der Waals surface area contributed by atoms with Gasteiger partial charge in [0.1, 0.15) is 0 Å². The summed E-state index contributed by atoms with van der Waals surface area (Å²) in [4.78, 5) is 19.6. The van der Waals surface area contributed by atoms with Crippen LogP contribution in [-0.4, -0.2) is 42.9 Å². The number of anilines is 1. The number of ether oxygens (including phenoxy) is 1. The number of fused-ring (bicyclic) bond motifs is 1. The first kappa shape index (κ1) is 23.5. The molecule has 1 aliphatic rings. The van der Waals surface area contributed by atoms with Crippen molar-refractivity contribution in [2.24, 2.45) is 5.10 Å². The normalized spacial score (nSPS) is 14.3. The van der Waals surface area contributed by atoms with Crippen LogP contribution < -0.4 is 10.3 Å². The SMILES string of the molecule is C/C(=N/NC(=O)c1ccc(CSc2nc3ccccc3s2)cc1)c1ccc(N2CCOCC2)cc1. The summed E-state index contributed by atoms with van der Waals surface area (Å²) in [5.41, 5.74) is 8.35. The summed E-state index contributed by atoms with van der Waals surface area (Å²) in [5.74, 6) is 0.582. The molecule has 4 aromatic rings. The topological polar surface area (TPSA) is 66.8 Å². The number of nitrogens with zero attached hydrogens (tertiary/aromatic N) is 3. The molecule has 0 radical (unpaired) electrons. The van der Waals surface area contributed by atoms with Crippen molar-refractivity contribution in [3.8, 4) is 0 Å². The van der Waals surface area contributed by atoms with Gasteiger partial charge in [0.25, 0.3) is 5.91 Å². The Balaban J connectivity index is 1.15. The van der Waals surface area contributed by atoms with Crippen molar-refractivity contribution in [1.82, 2.24) is 10.4 Å². The largest absolute Gasteiger partial charge is 0.378 e. The van der Waals surface area contributed by atoms with Crippen molar-refractivity contribution in [3.05, 3.63) is 89.5 Å². The van der Waals surface area contributed by atoms with Gasteiger partial charge in [-0.3, -0.25) is 4.79 Å².